The van der Waals surface area contributed by atoms with E-state index in [4.69, 9.17) is 9.47 Å². The largest absolute Gasteiger partial charge is 0.454 e. The quantitative estimate of drug-likeness (QED) is 0.457. The number of amides is 1. The van der Waals surface area contributed by atoms with Gasteiger partial charge in [0.15, 0.2) is 11.5 Å². The van der Waals surface area contributed by atoms with Gasteiger partial charge in [-0.1, -0.05) is 36.4 Å². The Hall–Kier alpha value is -4.07. The third-order valence-corrected chi connectivity index (χ3v) is 4.67. The number of hydrogen-bond donors (Lipinski definition) is 2. The van der Waals surface area contributed by atoms with Crippen LogP contribution in [-0.4, -0.2) is 17.6 Å². The van der Waals surface area contributed by atoms with Gasteiger partial charge in [0.25, 0.3) is 11.6 Å². The van der Waals surface area contributed by atoms with Crippen LogP contribution in [0.3, 0.4) is 0 Å². The van der Waals surface area contributed by atoms with Crippen molar-refractivity contribution in [2.45, 2.75) is 13.1 Å². The van der Waals surface area contributed by atoms with E-state index in [2.05, 4.69) is 10.6 Å². The molecule has 2 N–H and O–H groups in total. The third-order valence-electron chi connectivity index (χ3n) is 4.67. The highest BCUT2D eigenvalue weighted by Crippen LogP contribution is 2.32. The molecule has 4 rings (SSSR count). The molecule has 0 spiro atoms. The lowest BCUT2D eigenvalue weighted by Crippen LogP contribution is -2.23. The van der Waals surface area contributed by atoms with Crippen LogP contribution in [0.1, 0.15) is 21.5 Å². The summed E-state index contributed by atoms with van der Waals surface area (Å²) in [4.78, 5) is 23.5. The molecule has 1 aliphatic heterocycles. The van der Waals surface area contributed by atoms with Crippen LogP contribution in [0.15, 0.2) is 66.7 Å². The summed E-state index contributed by atoms with van der Waals surface area (Å²) in [6.45, 7) is 0.883. The summed E-state index contributed by atoms with van der Waals surface area (Å²) in [5, 5.41) is 17.3. The first-order chi connectivity index (χ1) is 14.6. The van der Waals surface area contributed by atoms with Gasteiger partial charge in [0.1, 0.15) is 5.69 Å². The van der Waals surface area contributed by atoms with E-state index >= 15 is 0 Å². The van der Waals surface area contributed by atoms with Crippen molar-refractivity contribution >= 4 is 17.3 Å². The van der Waals surface area contributed by atoms with Gasteiger partial charge in [0.2, 0.25) is 6.79 Å². The zero-order valence-corrected chi connectivity index (χ0v) is 16.0. The number of fused-ring (bicyclic) bond motifs is 1. The molecule has 30 heavy (non-hydrogen) atoms. The van der Waals surface area contributed by atoms with Gasteiger partial charge in [0.05, 0.1) is 4.92 Å². The number of nitrogens with zero attached hydrogens (tertiary/aromatic N) is 1. The number of hydrogen-bond acceptors (Lipinski definition) is 6. The molecular weight excluding hydrogens is 386 g/mol. The summed E-state index contributed by atoms with van der Waals surface area (Å²) in [5.41, 5.74) is 2.26. The Labute approximate surface area is 172 Å². The Morgan fingerprint density at radius 2 is 1.73 bits per heavy atom. The molecule has 3 aromatic carbocycles. The smallest absolute Gasteiger partial charge is 0.293 e. The molecule has 0 aromatic heterocycles. The highest BCUT2D eigenvalue weighted by atomic mass is 16.7. The molecule has 0 atom stereocenters. The molecule has 0 bridgehead atoms. The van der Waals surface area contributed by atoms with Crippen molar-refractivity contribution in [2.24, 2.45) is 0 Å². The van der Waals surface area contributed by atoms with Gasteiger partial charge in [-0.05, 0) is 35.4 Å². The lowest BCUT2D eigenvalue weighted by atomic mass is 10.1. The molecule has 1 aliphatic rings. The molecule has 152 valence electrons. The first-order valence-corrected chi connectivity index (χ1v) is 9.33. The van der Waals surface area contributed by atoms with Crippen molar-refractivity contribution in [2.75, 3.05) is 12.1 Å². The van der Waals surface area contributed by atoms with Crippen molar-refractivity contribution in [1.82, 2.24) is 5.32 Å². The van der Waals surface area contributed by atoms with Crippen LogP contribution in [0.4, 0.5) is 11.4 Å². The first kappa shape index (κ1) is 19.3. The second-order valence-corrected chi connectivity index (χ2v) is 6.70. The van der Waals surface area contributed by atoms with Gasteiger partial charge in [-0.2, -0.15) is 0 Å². The van der Waals surface area contributed by atoms with Gasteiger partial charge in [-0.3, -0.25) is 14.9 Å². The number of rotatable bonds is 7. The van der Waals surface area contributed by atoms with E-state index in [1.807, 2.05) is 36.4 Å². The predicted octanol–water partition coefficient (Wildman–Crippen LogP) is 3.87. The summed E-state index contributed by atoms with van der Waals surface area (Å²) < 4.78 is 10.6. The van der Waals surface area contributed by atoms with Gasteiger partial charge >= 0.3 is 0 Å². The predicted molar refractivity (Wildman–Crippen MR) is 111 cm³/mol. The standard InChI is InChI=1S/C22H19N3O5/c26-22(24-13-16-6-9-20-21(10-16)30-14-29-20)17-7-8-18(19(11-17)25(27)28)23-12-15-4-2-1-3-5-15/h1-11,23H,12-14H2,(H,24,26). The number of nitro benzene ring substituents is 1. The van der Waals surface area contributed by atoms with Crippen molar-refractivity contribution < 1.29 is 19.2 Å². The van der Waals surface area contributed by atoms with Crippen LogP contribution in [0, 0.1) is 10.1 Å². The topological polar surface area (TPSA) is 103 Å². The zero-order chi connectivity index (χ0) is 20.9. The van der Waals surface area contributed by atoms with Crippen LogP contribution >= 0.6 is 0 Å². The van der Waals surface area contributed by atoms with E-state index in [1.54, 1.807) is 24.3 Å². The first-order valence-electron chi connectivity index (χ1n) is 9.33. The number of nitro groups is 1. The van der Waals surface area contributed by atoms with E-state index in [-0.39, 0.29) is 24.6 Å². The summed E-state index contributed by atoms with van der Waals surface area (Å²) in [5.74, 6) is 0.899. The Balaban J connectivity index is 1.43. The van der Waals surface area contributed by atoms with E-state index in [9.17, 15) is 14.9 Å². The second-order valence-electron chi connectivity index (χ2n) is 6.70. The molecule has 8 heteroatoms. The van der Waals surface area contributed by atoms with E-state index in [1.165, 1.54) is 6.07 Å². The van der Waals surface area contributed by atoms with Gasteiger partial charge in [0, 0.05) is 24.7 Å². The lowest BCUT2D eigenvalue weighted by Gasteiger charge is -2.10. The average molecular weight is 405 g/mol. The van der Waals surface area contributed by atoms with E-state index in [0.29, 0.717) is 23.7 Å². The second kappa shape index (κ2) is 8.52. The van der Waals surface area contributed by atoms with Gasteiger partial charge in [-0.25, -0.2) is 0 Å². The lowest BCUT2D eigenvalue weighted by molar-refractivity contribution is -0.384. The Morgan fingerprint density at radius 1 is 0.933 bits per heavy atom. The van der Waals surface area contributed by atoms with Crippen LogP contribution < -0.4 is 20.1 Å². The minimum absolute atomic E-state index is 0.151. The van der Waals surface area contributed by atoms with Gasteiger partial charge in [-0.15, -0.1) is 0 Å². The van der Waals surface area contributed by atoms with Crippen LogP contribution in [0.25, 0.3) is 0 Å². The van der Waals surface area contributed by atoms with Crippen molar-refractivity contribution in [3.63, 3.8) is 0 Å². The Kier molecular flexibility index (Phi) is 5.47. The summed E-state index contributed by atoms with van der Waals surface area (Å²) in [6, 6.07) is 19.4. The fraction of sp³-hybridized carbons (Fsp3) is 0.136. The molecule has 0 unspecified atom stereocenters. The maximum absolute atomic E-state index is 12.5. The maximum atomic E-state index is 12.5. The van der Waals surface area contributed by atoms with Crippen LogP contribution in [-0.2, 0) is 13.1 Å². The minimum atomic E-state index is -0.498. The van der Waals surface area contributed by atoms with E-state index in [0.717, 1.165) is 11.1 Å². The molecule has 3 aromatic rings. The van der Waals surface area contributed by atoms with Crippen molar-refractivity contribution in [1.29, 1.82) is 0 Å². The van der Waals surface area contributed by atoms with Crippen LogP contribution in [0.2, 0.25) is 0 Å². The fourth-order valence-electron chi connectivity index (χ4n) is 3.10. The van der Waals surface area contributed by atoms with Crippen molar-refractivity contribution in [3.8, 4) is 11.5 Å². The molecule has 0 saturated carbocycles. The van der Waals surface area contributed by atoms with Crippen LogP contribution in [0.5, 0.6) is 11.5 Å². The number of ether oxygens (including phenoxy) is 2. The number of benzene rings is 3. The Bertz CT molecular complexity index is 1090. The molecule has 8 nitrogen and oxygen atoms in total. The number of carbonyl (C=O) groups excluding carboxylic acids is 1. The number of nitrogens with one attached hydrogen (secondary N) is 2. The number of carbonyl (C=O) groups is 1. The summed E-state index contributed by atoms with van der Waals surface area (Å²) >= 11 is 0. The van der Waals surface area contributed by atoms with Crippen molar-refractivity contribution in [3.05, 3.63) is 93.5 Å². The normalized spacial score (nSPS) is 11.7. The number of anilines is 1. The molecule has 1 heterocycles. The van der Waals surface area contributed by atoms with E-state index < -0.39 is 10.8 Å². The minimum Gasteiger partial charge on any atom is -0.454 e. The fourth-order valence-corrected chi connectivity index (χ4v) is 3.10. The molecule has 0 saturated heterocycles. The monoisotopic (exact) mass is 405 g/mol. The maximum Gasteiger partial charge on any atom is 0.293 e. The van der Waals surface area contributed by atoms with Gasteiger partial charge < -0.3 is 20.1 Å². The highest BCUT2D eigenvalue weighted by molar-refractivity contribution is 5.95. The molecular formula is C22H19N3O5. The SMILES string of the molecule is O=C(NCc1ccc2c(c1)OCO2)c1ccc(NCc2ccccc2)c([N+](=O)[O-])c1. The molecule has 0 radical (unpaired) electrons. The molecule has 1 amide bonds. The Morgan fingerprint density at radius 3 is 2.53 bits per heavy atom. The summed E-state index contributed by atoms with van der Waals surface area (Å²) in [6.07, 6.45) is 0. The highest BCUT2D eigenvalue weighted by Gasteiger charge is 2.18. The average Bonchev–Trinajstić information content (AvgIpc) is 3.24. The third kappa shape index (κ3) is 4.33. The summed E-state index contributed by atoms with van der Waals surface area (Å²) in [7, 11) is 0. The molecule has 0 fully saturated rings. The zero-order valence-electron chi connectivity index (χ0n) is 16.0. The molecule has 0 aliphatic carbocycles.